The van der Waals surface area contributed by atoms with Gasteiger partial charge in [-0.2, -0.15) is 18.2 Å². The molecule has 0 spiro atoms. The van der Waals surface area contributed by atoms with Crippen molar-refractivity contribution in [1.82, 2.24) is 15.3 Å². The van der Waals surface area contributed by atoms with Gasteiger partial charge in [0.15, 0.2) is 11.7 Å². The second kappa shape index (κ2) is 12.0. The van der Waals surface area contributed by atoms with Crippen molar-refractivity contribution in [3.8, 4) is 34.0 Å². The number of hydrogen-bond donors (Lipinski definition) is 4. The van der Waals surface area contributed by atoms with Gasteiger partial charge < -0.3 is 20.1 Å². The molecule has 224 valence electrons. The smallest absolute Gasteiger partial charge is 0.405 e. The van der Waals surface area contributed by atoms with E-state index in [4.69, 9.17) is 10.1 Å². The van der Waals surface area contributed by atoms with Crippen LogP contribution in [0.5, 0.6) is 11.8 Å². The van der Waals surface area contributed by atoms with Gasteiger partial charge in [0.1, 0.15) is 23.6 Å². The third kappa shape index (κ3) is 6.56. The van der Waals surface area contributed by atoms with Crippen LogP contribution in [-0.4, -0.2) is 45.9 Å². The number of amidine groups is 1. The van der Waals surface area contributed by atoms with E-state index in [1.54, 1.807) is 61.5 Å². The maximum Gasteiger partial charge on any atom is 0.405 e. The second-order valence-electron chi connectivity index (χ2n) is 9.63. The van der Waals surface area contributed by atoms with Crippen LogP contribution in [-0.2, 0) is 0 Å². The average Bonchev–Trinajstić information content (AvgIpc) is 3.38. The largest absolute Gasteiger partial charge is 0.478 e. The minimum atomic E-state index is -4.40. The Morgan fingerprint density at radius 2 is 1.66 bits per heavy atom. The van der Waals surface area contributed by atoms with Crippen molar-refractivity contribution in [3.05, 3.63) is 101 Å². The normalized spacial score (nSPS) is 11.7. The third-order valence-electron chi connectivity index (χ3n) is 6.55. The number of carbonyl (C=O) groups is 1. The highest BCUT2D eigenvalue weighted by atomic mass is 19.4. The molecule has 4 N–H and O–H groups in total. The number of aliphatic imine (C=N–C) groups is 1. The molecule has 0 amide bonds. The fraction of sp³-hybridized carbons (Fsp3) is 0.0968. The summed E-state index contributed by atoms with van der Waals surface area (Å²) in [4.78, 5) is 21.9. The number of aromatic carboxylic acids is 1. The van der Waals surface area contributed by atoms with E-state index in [1.807, 2.05) is 5.32 Å². The third-order valence-corrected chi connectivity index (χ3v) is 6.55. The molecule has 0 aliphatic heterocycles. The molecular formula is C31H22F5N5O3. The summed E-state index contributed by atoms with van der Waals surface area (Å²) in [6.07, 6.45) is -3.58. The summed E-state index contributed by atoms with van der Waals surface area (Å²) in [5.74, 6) is -2.97. The molecule has 5 rings (SSSR count). The van der Waals surface area contributed by atoms with Gasteiger partial charge >= 0.3 is 12.1 Å². The van der Waals surface area contributed by atoms with Crippen LogP contribution in [0.3, 0.4) is 0 Å². The number of benzene rings is 4. The van der Waals surface area contributed by atoms with Gasteiger partial charge in [0.2, 0.25) is 0 Å². The molecule has 0 atom stereocenters. The number of rotatable bonds is 8. The highest BCUT2D eigenvalue weighted by Crippen LogP contribution is 2.34. The average molecular weight is 608 g/mol. The Bertz CT molecular complexity index is 1900. The summed E-state index contributed by atoms with van der Waals surface area (Å²) in [5, 5.41) is 19.2. The van der Waals surface area contributed by atoms with E-state index >= 15 is 8.78 Å². The van der Waals surface area contributed by atoms with Crippen molar-refractivity contribution in [3.63, 3.8) is 0 Å². The molecule has 0 bridgehead atoms. The molecule has 5 aromatic rings. The monoisotopic (exact) mass is 607 g/mol. The van der Waals surface area contributed by atoms with Crippen LogP contribution in [0.2, 0.25) is 0 Å². The Hall–Kier alpha value is -5.59. The van der Waals surface area contributed by atoms with Crippen LogP contribution >= 0.6 is 0 Å². The van der Waals surface area contributed by atoms with Gasteiger partial charge in [0.25, 0.3) is 6.01 Å². The first-order valence-electron chi connectivity index (χ1n) is 12.9. The van der Waals surface area contributed by atoms with Crippen LogP contribution in [0.25, 0.3) is 33.3 Å². The maximum atomic E-state index is 15.6. The number of alkyl halides is 3. The topological polar surface area (TPSA) is 123 Å². The minimum absolute atomic E-state index is 0.0296. The lowest BCUT2D eigenvalue weighted by Gasteiger charge is -2.08. The van der Waals surface area contributed by atoms with Gasteiger partial charge in [-0.15, -0.1) is 0 Å². The van der Waals surface area contributed by atoms with Crippen LogP contribution in [0.15, 0.2) is 77.8 Å². The Kier molecular flexibility index (Phi) is 8.12. The number of nitrogens with zero attached hydrogens (tertiary/aromatic N) is 2. The molecule has 13 heteroatoms. The molecule has 44 heavy (non-hydrogen) atoms. The number of aromatic nitrogens is 2. The molecule has 0 fully saturated rings. The Labute approximate surface area is 246 Å². The maximum absolute atomic E-state index is 15.6. The van der Waals surface area contributed by atoms with E-state index in [0.29, 0.717) is 16.7 Å². The number of carboxylic acids is 1. The molecule has 0 aliphatic carbocycles. The number of ether oxygens (including phenoxy) is 1. The lowest BCUT2D eigenvalue weighted by Crippen LogP contribution is -2.27. The fourth-order valence-electron chi connectivity index (χ4n) is 4.37. The van der Waals surface area contributed by atoms with Gasteiger partial charge in [0, 0.05) is 11.6 Å². The first kappa shape index (κ1) is 29.9. The molecular weight excluding hydrogens is 585 g/mol. The molecule has 0 saturated carbocycles. The van der Waals surface area contributed by atoms with E-state index < -0.39 is 30.3 Å². The Morgan fingerprint density at radius 3 is 2.30 bits per heavy atom. The van der Waals surface area contributed by atoms with Crippen LogP contribution in [0.4, 0.5) is 22.0 Å². The van der Waals surface area contributed by atoms with Gasteiger partial charge in [-0.1, -0.05) is 54.6 Å². The van der Waals surface area contributed by atoms with E-state index in [2.05, 4.69) is 15.0 Å². The zero-order valence-corrected chi connectivity index (χ0v) is 22.8. The first-order chi connectivity index (χ1) is 20.9. The lowest BCUT2D eigenvalue weighted by molar-refractivity contribution is -0.121. The van der Waals surface area contributed by atoms with Crippen LogP contribution < -0.4 is 10.1 Å². The molecule has 1 heterocycles. The zero-order valence-electron chi connectivity index (χ0n) is 22.8. The number of aromatic amines is 1. The summed E-state index contributed by atoms with van der Waals surface area (Å²) in [5.41, 5.74) is 2.19. The molecule has 8 nitrogen and oxygen atoms in total. The number of aryl methyl sites for hydroxylation is 1. The Balaban J connectivity index is 1.33. The van der Waals surface area contributed by atoms with Crippen molar-refractivity contribution in [2.45, 2.75) is 13.1 Å². The fourth-order valence-corrected chi connectivity index (χ4v) is 4.37. The van der Waals surface area contributed by atoms with Gasteiger partial charge in [-0.25, -0.2) is 18.6 Å². The van der Waals surface area contributed by atoms with Gasteiger partial charge in [-0.3, -0.25) is 5.41 Å². The molecule has 0 radical (unpaired) electrons. The number of hydrogen-bond acceptors (Lipinski definition) is 4. The number of H-pyrrole nitrogens is 1. The number of nitrogens with one attached hydrogen (secondary N) is 3. The zero-order chi connectivity index (χ0) is 31.6. The highest BCUT2D eigenvalue weighted by molar-refractivity contribution is 6.01. The number of halogens is 5. The van der Waals surface area contributed by atoms with E-state index in [9.17, 15) is 23.1 Å². The quantitative estimate of drug-likeness (QED) is 0.0828. The molecule has 0 aliphatic rings. The first-order valence-corrected chi connectivity index (χ1v) is 12.9. The summed E-state index contributed by atoms with van der Waals surface area (Å²) in [6.45, 7) is 0.373. The van der Waals surface area contributed by atoms with E-state index in [1.165, 1.54) is 12.1 Å². The predicted molar refractivity (Wildman–Crippen MR) is 154 cm³/mol. The molecule has 0 saturated heterocycles. The summed E-state index contributed by atoms with van der Waals surface area (Å²) < 4.78 is 72.9. The van der Waals surface area contributed by atoms with Crippen molar-refractivity contribution >= 4 is 29.2 Å². The van der Waals surface area contributed by atoms with Crippen molar-refractivity contribution in [2.75, 3.05) is 6.54 Å². The van der Waals surface area contributed by atoms with Crippen molar-refractivity contribution < 1.29 is 36.6 Å². The summed E-state index contributed by atoms with van der Waals surface area (Å²) in [6, 6.07) is 18.3. The molecule has 4 aromatic carbocycles. The van der Waals surface area contributed by atoms with Crippen molar-refractivity contribution in [1.29, 1.82) is 5.41 Å². The number of carboxylic acid groups (broad SMARTS) is 1. The van der Waals surface area contributed by atoms with Crippen LogP contribution in [0.1, 0.15) is 21.5 Å². The second-order valence-corrected chi connectivity index (χ2v) is 9.63. The number of imidazole rings is 1. The van der Waals surface area contributed by atoms with Gasteiger partial charge in [-0.05, 0) is 41.3 Å². The summed E-state index contributed by atoms with van der Waals surface area (Å²) in [7, 11) is 0. The minimum Gasteiger partial charge on any atom is -0.478 e. The van der Waals surface area contributed by atoms with Crippen LogP contribution in [0, 0.1) is 24.0 Å². The molecule has 1 aromatic heterocycles. The predicted octanol–water partition coefficient (Wildman–Crippen LogP) is 7.48. The number of fused-ring (bicyclic) bond motifs is 1. The molecule has 0 unspecified atom stereocenters. The Morgan fingerprint density at radius 1 is 1.02 bits per heavy atom. The standard InChI is InChI=1S/C31H22F5N5O3/c1-16-2-11-21(12-22(16)29(42)43)44-30-40-24-13-23(32)25(26(33)27(24)41-30)19-7-3-17(4-8-19)18-5-9-20(10-6-18)28(37)39-15-38-14-31(34,35)36/h2-13,15H,14H2,1H3,(H,40,41)(H,42,43)(H2,37,38,39). The summed E-state index contributed by atoms with van der Waals surface area (Å²) >= 11 is 0. The van der Waals surface area contributed by atoms with Gasteiger partial charge in [0.05, 0.1) is 23.0 Å². The van der Waals surface area contributed by atoms with E-state index in [-0.39, 0.29) is 45.3 Å². The van der Waals surface area contributed by atoms with E-state index in [0.717, 1.165) is 18.0 Å². The SMILES string of the molecule is Cc1ccc(Oc2nc3c(F)c(-c4ccc(-c5ccc(C(=N)/N=C\NCC(F)(F)F)cc5)cc4)c(F)cc3[nH]2)cc1C(=O)O. The lowest BCUT2D eigenvalue weighted by atomic mass is 9.98. The van der Waals surface area contributed by atoms with Crippen molar-refractivity contribution in [2.24, 2.45) is 4.99 Å². The highest BCUT2D eigenvalue weighted by Gasteiger charge is 2.26.